The van der Waals surface area contributed by atoms with E-state index >= 15 is 0 Å². The van der Waals surface area contributed by atoms with Gasteiger partial charge in [-0.2, -0.15) is 5.10 Å². The van der Waals surface area contributed by atoms with Gasteiger partial charge in [0.2, 0.25) is 0 Å². The Balaban J connectivity index is 2.52. The molecule has 2 rings (SSSR count). The Morgan fingerprint density at radius 3 is 2.47 bits per heavy atom. The first-order valence-corrected chi connectivity index (χ1v) is 5.54. The van der Waals surface area contributed by atoms with E-state index in [9.17, 15) is 8.78 Å². The van der Waals surface area contributed by atoms with Crippen LogP contribution < -0.4 is 16.0 Å². The molecule has 0 aliphatic rings. The van der Waals surface area contributed by atoms with Gasteiger partial charge in [0.05, 0.1) is 19.3 Å². The van der Waals surface area contributed by atoms with Crippen molar-refractivity contribution in [2.45, 2.75) is 6.04 Å². The molecule has 0 saturated carbocycles. The van der Waals surface area contributed by atoms with E-state index in [1.165, 1.54) is 30.1 Å². The third-order valence-electron chi connectivity index (χ3n) is 2.83. The van der Waals surface area contributed by atoms with Gasteiger partial charge in [0.15, 0.2) is 5.75 Å². The fourth-order valence-corrected chi connectivity index (χ4v) is 1.99. The molecule has 3 N–H and O–H groups in total. The summed E-state index contributed by atoms with van der Waals surface area (Å²) in [5.41, 5.74) is 3.44. The van der Waals surface area contributed by atoms with Gasteiger partial charge in [-0.05, 0) is 17.7 Å². The lowest BCUT2D eigenvalue weighted by Gasteiger charge is -2.18. The maximum absolute atomic E-state index is 13.3. The van der Waals surface area contributed by atoms with Gasteiger partial charge in [-0.1, -0.05) is 0 Å². The van der Waals surface area contributed by atoms with Crippen LogP contribution in [-0.4, -0.2) is 16.9 Å². The second kappa shape index (κ2) is 5.33. The second-order valence-corrected chi connectivity index (χ2v) is 4.02. The monoisotopic (exact) mass is 268 g/mol. The first-order chi connectivity index (χ1) is 9.06. The molecule has 0 aliphatic heterocycles. The second-order valence-electron chi connectivity index (χ2n) is 4.02. The Bertz CT molecular complexity index is 565. The summed E-state index contributed by atoms with van der Waals surface area (Å²) in [6, 6.07) is 2.59. The standard InChI is InChI=1S/C12H14F2N4O/c1-18-12(10(19-2)6-16-18)11(17-15)7-3-8(13)5-9(14)4-7/h3-6,11,17H,15H2,1-2H3. The van der Waals surface area contributed by atoms with Crippen LogP contribution in [0.2, 0.25) is 0 Å². The fourth-order valence-electron chi connectivity index (χ4n) is 1.99. The molecule has 19 heavy (non-hydrogen) atoms. The predicted octanol–water partition coefficient (Wildman–Crippen LogP) is 1.26. The molecular weight excluding hydrogens is 254 g/mol. The van der Waals surface area contributed by atoms with Gasteiger partial charge in [0.1, 0.15) is 17.3 Å². The number of ether oxygens (including phenoxy) is 1. The SMILES string of the molecule is COc1cnn(C)c1C(NN)c1cc(F)cc(F)c1. The number of nitrogens with two attached hydrogens (primary N) is 1. The maximum Gasteiger partial charge on any atom is 0.161 e. The summed E-state index contributed by atoms with van der Waals surface area (Å²) in [7, 11) is 3.18. The molecule has 0 radical (unpaired) electrons. The van der Waals surface area contributed by atoms with Crippen LogP contribution in [0.15, 0.2) is 24.4 Å². The summed E-state index contributed by atoms with van der Waals surface area (Å²) < 4.78 is 33.3. The molecule has 0 spiro atoms. The number of aryl methyl sites for hydroxylation is 1. The van der Waals surface area contributed by atoms with Crippen LogP contribution in [-0.2, 0) is 7.05 Å². The predicted molar refractivity (Wildman–Crippen MR) is 65.3 cm³/mol. The fraction of sp³-hybridized carbons (Fsp3) is 0.250. The number of nitrogens with one attached hydrogen (secondary N) is 1. The highest BCUT2D eigenvalue weighted by atomic mass is 19.1. The van der Waals surface area contributed by atoms with Crippen LogP contribution in [0.5, 0.6) is 5.75 Å². The number of nitrogens with zero attached hydrogens (tertiary/aromatic N) is 2. The summed E-state index contributed by atoms with van der Waals surface area (Å²) in [5.74, 6) is 4.64. The minimum absolute atomic E-state index is 0.349. The molecule has 5 nitrogen and oxygen atoms in total. The molecule has 7 heteroatoms. The highest BCUT2D eigenvalue weighted by Gasteiger charge is 2.22. The van der Waals surface area contributed by atoms with Crippen molar-refractivity contribution in [3.63, 3.8) is 0 Å². The van der Waals surface area contributed by atoms with Crippen molar-refractivity contribution >= 4 is 0 Å². The zero-order chi connectivity index (χ0) is 14.0. The van der Waals surface area contributed by atoms with Crippen LogP contribution in [0.3, 0.4) is 0 Å². The number of hydrazine groups is 1. The van der Waals surface area contributed by atoms with E-state index < -0.39 is 17.7 Å². The first kappa shape index (κ1) is 13.4. The molecular formula is C12H14F2N4O. The quantitative estimate of drug-likeness (QED) is 0.647. The molecule has 1 atom stereocenters. The zero-order valence-electron chi connectivity index (χ0n) is 10.5. The number of hydrogen-bond donors (Lipinski definition) is 2. The third kappa shape index (κ3) is 2.56. The average Bonchev–Trinajstić information content (AvgIpc) is 2.71. The number of benzene rings is 1. The number of aromatic nitrogens is 2. The van der Waals surface area contributed by atoms with Gasteiger partial charge < -0.3 is 4.74 Å². The number of rotatable bonds is 4. The van der Waals surface area contributed by atoms with Crippen LogP contribution >= 0.6 is 0 Å². The Kier molecular flexibility index (Phi) is 3.77. The van der Waals surface area contributed by atoms with E-state index in [4.69, 9.17) is 10.6 Å². The lowest BCUT2D eigenvalue weighted by Crippen LogP contribution is -2.30. The lowest BCUT2D eigenvalue weighted by molar-refractivity contribution is 0.401. The maximum atomic E-state index is 13.3. The van der Waals surface area contributed by atoms with Crippen molar-refractivity contribution in [2.75, 3.05) is 7.11 Å². The topological polar surface area (TPSA) is 65.1 Å². The highest BCUT2D eigenvalue weighted by molar-refractivity contribution is 5.36. The molecule has 0 fully saturated rings. The molecule has 1 aromatic heterocycles. The van der Waals surface area contributed by atoms with E-state index in [2.05, 4.69) is 10.5 Å². The van der Waals surface area contributed by atoms with Gasteiger partial charge in [-0.3, -0.25) is 10.5 Å². The minimum Gasteiger partial charge on any atom is -0.493 e. The van der Waals surface area contributed by atoms with E-state index in [0.717, 1.165) is 6.07 Å². The number of hydrogen-bond acceptors (Lipinski definition) is 4. The first-order valence-electron chi connectivity index (χ1n) is 5.54. The summed E-state index contributed by atoms with van der Waals surface area (Å²) >= 11 is 0. The minimum atomic E-state index is -0.670. The Morgan fingerprint density at radius 1 is 1.32 bits per heavy atom. The summed E-state index contributed by atoms with van der Waals surface area (Å²) in [4.78, 5) is 0. The molecule has 0 bridgehead atoms. The largest absolute Gasteiger partial charge is 0.493 e. The molecule has 1 unspecified atom stereocenters. The molecule has 2 aromatic rings. The van der Waals surface area contributed by atoms with E-state index in [1.54, 1.807) is 7.05 Å². The normalized spacial score (nSPS) is 12.5. The molecule has 102 valence electrons. The van der Waals surface area contributed by atoms with Crippen molar-refractivity contribution < 1.29 is 13.5 Å². The van der Waals surface area contributed by atoms with Crippen LogP contribution in [0.4, 0.5) is 8.78 Å². The van der Waals surface area contributed by atoms with Gasteiger partial charge in [-0.25, -0.2) is 14.2 Å². The molecule has 1 heterocycles. The summed E-state index contributed by atoms with van der Waals surface area (Å²) in [6.45, 7) is 0. The molecule has 0 saturated heterocycles. The van der Waals surface area contributed by atoms with Crippen molar-refractivity contribution in [1.29, 1.82) is 0 Å². The van der Waals surface area contributed by atoms with Crippen molar-refractivity contribution in [1.82, 2.24) is 15.2 Å². The Hall–Kier alpha value is -1.99. The van der Waals surface area contributed by atoms with Crippen molar-refractivity contribution in [2.24, 2.45) is 12.9 Å². The van der Waals surface area contributed by atoms with Crippen molar-refractivity contribution in [3.05, 3.63) is 47.3 Å². The lowest BCUT2D eigenvalue weighted by atomic mass is 10.0. The van der Waals surface area contributed by atoms with Gasteiger partial charge in [0.25, 0.3) is 0 Å². The van der Waals surface area contributed by atoms with Crippen LogP contribution in [0.1, 0.15) is 17.3 Å². The van der Waals surface area contributed by atoms with Gasteiger partial charge >= 0.3 is 0 Å². The zero-order valence-corrected chi connectivity index (χ0v) is 10.5. The van der Waals surface area contributed by atoms with Crippen LogP contribution in [0, 0.1) is 11.6 Å². The highest BCUT2D eigenvalue weighted by Crippen LogP contribution is 2.29. The van der Waals surface area contributed by atoms with Crippen molar-refractivity contribution in [3.8, 4) is 5.75 Å². The smallest absolute Gasteiger partial charge is 0.161 e. The summed E-state index contributed by atoms with van der Waals surface area (Å²) in [5, 5.41) is 4.04. The average molecular weight is 268 g/mol. The Labute approximate surface area is 108 Å². The van der Waals surface area contributed by atoms with Gasteiger partial charge in [0, 0.05) is 13.1 Å². The molecule has 1 aromatic carbocycles. The number of methoxy groups -OCH3 is 1. The molecule has 0 aliphatic carbocycles. The Morgan fingerprint density at radius 2 is 1.95 bits per heavy atom. The van der Waals surface area contributed by atoms with E-state index in [-0.39, 0.29) is 0 Å². The number of halogens is 2. The van der Waals surface area contributed by atoms with E-state index in [0.29, 0.717) is 17.0 Å². The van der Waals surface area contributed by atoms with Crippen LogP contribution in [0.25, 0.3) is 0 Å². The summed E-state index contributed by atoms with van der Waals surface area (Å²) in [6.07, 6.45) is 1.51. The van der Waals surface area contributed by atoms with E-state index in [1.807, 2.05) is 0 Å². The van der Waals surface area contributed by atoms with Gasteiger partial charge in [-0.15, -0.1) is 0 Å². The third-order valence-corrected chi connectivity index (χ3v) is 2.83. The molecule has 0 amide bonds.